The molecule has 0 radical (unpaired) electrons. The van der Waals surface area contributed by atoms with Gasteiger partial charge in [0.25, 0.3) is 0 Å². The summed E-state index contributed by atoms with van der Waals surface area (Å²) in [5, 5.41) is 8.48. The molecular formula is C6H8O3. The van der Waals surface area contributed by atoms with Crippen molar-refractivity contribution in [3.8, 4) is 0 Å². The van der Waals surface area contributed by atoms with E-state index in [1.807, 2.05) is 0 Å². The number of cyclic esters (lactones) is 1. The molecule has 1 unspecified atom stereocenters. The second kappa shape index (κ2) is 2.64. The Morgan fingerprint density at radius 2 is 2.67 bits per heavy atom. The SMILES string of the molecule is O=C1CC=CC(CO)O1. The number of carbonyl (C=O) groups is 1. The van der Waals surface area contributed by atoms with E-state index in [1.165, 1.54) is 0 Å². The second-order valence-electron chi connectivity index (χ2n) is 1.84. The van der Waals surface area contributed by atoms with Crippen molar-refractivity contribution >= 4 is 5.97 Å². The molecule has 1 aliphatic rings. The van der Waals surface area contributed by atoms with Crippen LogP contribution >= 0.6 is 0 Å². The Kier molecular flexibility index (Phi) is 1.85. The molecule has 1 N–H and O–H groups in total. The average molecular weight is 128 g/mol. The van der Waals surface area contributed by atoms with Crippen LogP contribution < -0.4 is 0 Å². The minimum Gasteiger partial charge on any atom is -0.455 e. The summed E-state index contributed by atoms with van der Waals surface area (Å²) in [5.74, 6) is -0.267. The summed E-state index contributed by atoms with van der Waals surface area (Å²) < 4.78 is 4.66. The van der Waals surface area contributed by atoms with E-state index >= 15 is 0 Å². The van der Waals surface area contributed by atoms with Crippen molar-refractivity contribution in [3.05, 3.63) is 12.2 Å². The average Bonchev–Trinajstić information content (AvgIpc) is 1.88. The van der Waals surface area contributed by atoms with Gasteiger partial charge in [-0.1, -0.05) is 6.08 Å². The molecule has 1 rings (SSSR count). The number of esters is 1. The first kappa shape index (κ1) is 6.29. The highest BCUT2D eigenvalue weighted by molar-refractivity contribution is 5.72. The number of hydrogen-bond acceptors (Lipinski definition) is 3. The number of aliphatic hydroxyl groups excluding tert-OH is 1. The molecule has 0 aromatic carbocycles. The van der Waals surface area contributed by atoms with Crippen molar-refractivity contribution in [3.63, 3.8) is 0 Å². The monoisotopic (exact) mass is 128 g/mol. The lowest BCUT2D eigenvalue weighted by atomic mass is 10.2. The van der Waals surface area contributed by atoms with Crippen LogP contribution in [-0.4, -0.2) is 23.8 Å². The van der Waals surface area contributed by atoms with Crippen LogP contribution in [-0.2, 0) is 9.53 Å². The largest absolute Gasteiger partial charge is 0.455 e. The number of aliphatic hydroxyl groups is 1. The molecule has 50 valence electrons. The number of hydrogen-bond donors (Lipinski definition) is 1. The van der Waals surface area contributed by atoms with Crippen molar-refractivity contribution in [2.75, 3.05) is 6.61 Å². The maximum absolute atomic E-state index is 10.4. The third kappa shape index (κ3) is 1.54. The predicted octanol–water partition coefficient (Wildman–Crippen LogP) is -0.150. The van der Waals surface area contributed by atoms with Crippen LogP contribution in [0.25, 0.3) is 0 Å². The standard InChI is InChI=1S/C6H8O3/c7-4-5-2-1-3-6(8)9-5/h1-2,5,7H,3-4H2. The van der Waals surface area contributed by atoms with Gasteiger partial charge in [-0.3, -0.25) is 4.79 Å². The molecule has 0 amide bonds. The van der Waals surface area contributed by atoms with Gasteiger partial charge in [-0.2, -0.15) is 0 Å². The van der Waals surface area contributed by atoms with Crippen LogP contribution in [0.15, 0.2) is 12.2 Å². The fourth-order valence-corrected chi connectivity index (χ4v) is 0.670. The third-order valence-electron chi connectivity index (χ3n) is 1.10. The highest BCUT2D eigenvalue weighted by Gasteiger charge is 2.12. The molecule has 1 atom stereocenters. The van der Waals surface area contributed by atoms with Crippen molar-refractivity contribution in [2.24, 2.45) is 0 Å². The summed E-state index contributed by atoms with van der Waals surface area (Å²) in [7, 11) is 0. The summed E-state index contributed by atoms with van der Waals surface area (Å²) in [4.78, 5) is 10.4. The van der Waals surface area contributed by atoms with E-state index in [9.17, 15) is 4.79 Å². The normalized spacial score (nSPS) is 25.9. The molecule has 0 spiro atoms. The number of carbonyl (C=O) groups excluding carboxylic acids is 1. The van der Waals surface area contributed by atoms with Crippen molar-refractivity contribution in [1.29, 1.82) is 0 Å². The first-order chi connectivity index (χ1) is 4.33. The van der Waals surface area contributed by atoms with Crippen LogP contribution in [0.1, 0.15) is 6.42 Å². The zero-order valence-electron chi connectivity index (χ0n) is 4.91. The molecule has 0 bridgehead atoms. The summed E-state index contributed by atoms with van der Waals surface area (Å²) >= 11 is 0. The first-order valence-corrected chi connectivity index (χ1v) is 2.80. The van der Waals surface area contributed by atoms with Gasteiger partial charge < -0.3 is 9.84 Å². The van der Waals surface area contributed by atoms with Crippen LogP contribution in [0.5, 0.6) is 0 Å². The van der Waals surface area contributed by atoms with Gasteiger partial charge in [-0.25, -0.2) is 0 Å². The molecule has 9 heavy (non-hydrogen) atoms. The molecular weight excluding hydrogens is 120 g/mol. The Balaban J connectivity index is 2.49. The van der Waals surface area contributed by atoms with Crippen molar-refractivity contribution < 1.29 is 14.6 Å². The lowest BCUT2D eigenvalue weighted by molar-refractivity contribution is -0.148. The van der Waals surface area contributed by atoms with E-state index in [1.54, 1.807) is 12.2 Å². The van der Waals surface area contributed by atoms with Crippen molar-refractivity contribution in [2.45, 2.75) is 12.5 Å². The lowest BCUT2D eigenvalue weighted by Crippen LogP contribution is -2.22. The Hall–Kier alpha value is -0.830. The summed E-state index contributed by atoms with van der Waals surface area (Å²) in [6, 6.07) is 0. The highest BCUT2D eigenvalue weighted by atomic mass is 16.6. The van der Waals surface area contributed by atoms with E-state index < -0.39 is 6.10 Å². The van der Waals surface area contributed by atoms with Gasteiger partial charge >= 0.3 is 5.97 Å². The minimum atomic E-state index is -0.411. The molecule has 0 aliphatic carbocycles. The summed E-state index contributed by atoms with van der Waals surface area (Å²) in [6.45, 7) is -0.123. The van der Waals surface area contributed by atoms with Gasteiger partial charge in [0.05, 0.1) is 13.0 Å². The lowest BCUT2D eigenvalue weighted by Gasteiger charge is -2.13. The number of ether oxygens (including phenoxy) is 1. The molecule has 1 aliphatic heterocycles. The minimum absolute atomic E-state index is 0.123. The third-order valence-corrected chi connectivity index (χ3v) is 1.10. The van der Waals surface area contributed by atoms with Gasteiger partial charge in [0, 0.05) is 0 Å². The van der Waals surface area contributed by atoms with Crippen LogP contribution in [0.2, 0.25) is 0 Å². The van der Waals surface area contributed by atoms with E-state index in [-0.39, 0.29) is 12.6 Å². The summed E-state index contributed by atoms with van der Waals surface area (Å²) in [6.07, 6.45) is 3.30. The fourth-order valence-electron chi connectivity index (χ4n) is 0.670. The summed E-state index contributed by atoms with van der Waals surface area (Å²) in [5.41, 5.74) is 0. The van der Waals surface area contributed by atoms with Crippen LogP contribution in [0.4, 0.5) is 0 Å². The predicted molar refractivity (Wildman–Crippen MR) is 30.7 cm³/mol. The fraction of sp³-hybridized carbons (Fsp3) is 0.500. The second-order valence-corrected chi connectivity index (χ2v) is 1.84. The smallest absolute Gasteiger partial charge is 0.310 e. The van der Waals surface area contributed by atoms with Crippen molar-refractivity contribution in [1.82, 2.24) is 0 Å². The molecule has 0 saturated heterocycles. The molecule has 0 aromatic heterocycles. The molecule has 0 aromatic rings. The van der Waals surface area contributed by atoms with E-state index in [0.29, 0.717) is 6.42 Å². The topological polar surface area (TPSA) is 46.5 Å². The molecule has 0 saturated carbocycles. The Morgan fingerprint density at radius 1 is 1.89 bits per heavy atom. The van der Waals surface area contributed by atoms with Crippen LogP contribution in [0.3, 0.4) is 0 Å². The maximum Gasteiger partial charge on any atom is 0.310 e. The van der Waals surface area contributed by atoms with E-state index in [2.05, 4.69) is 4.74 Å². The zero-order valence-corrected chi connectivity index (χ0v) is 4.91. The van der Waals surface area contributed by atoms with Crippen LogP contribution in [0, 0.1) is 0 Å². The molecule has 1 heterocycles. The molecule has 3 heteroatoms. The highest BCUT2D eigenvalue weighted by Crippen LogP contribution is 2.04. The van der Waals surface area contributed by atoms with Gasteiger partial charge in [0.1, 0.15) is 6.10 Å². The zero-order chi connectivity index (χ0) is 6.69. The molecule has 0 fully saturated rings. The maximum atomic E-state index is 10.4. The first-order valence-electron chi connectivity index (χ1n) is 2.80. The van der Waals surface area contributed by atoms with E-state index in [0.717, 1.165) is 0 Å². The van der Waals surface area contributed by atoms with Gasteiger partial charge in [0.15, 0.2) is 0 Å². The van der Waals surface area contributed by atoms with E-state index in [4.69, 9.17) is 5.11 Å². The molecule has 3 nitrogen and oxygen atoms in total. The quantitative estimate of drug-likeness (QED) is 0.394. The Morgan fingerprint density at radius 3 is 3.11 bits per heavy atom. The number of rotatable bonds is 1. The Labute approximate surface area is 52.9 Å². The van der Waals surface area contributed by atoms with Gasteiger partial charge in [0.2, 0.25) is 0 Å². The van der Waals surface area contributed by atoms with Gasteiger partial charge in [-0.05, 0) is 6.08 Å². The van der Waals surface area contributed by atoms with Gasteiger partial charge in [-0.15, -0.1) is 0 Å². The Bertz CT molecular complexity index is 139.